The Morgan fingerprint density at radius 2 is 1.03 bits per heavy atom. The Kier molecular flexibility index (Phi) is 16.2. The molecule has 2 aromatic carbocycles. The van der Waals surface area contributed by atoms with Crippen LogP contribution in [0.4, 0.5) is 11.4 Å². The lowest BCUT2D eigenvalue weighted by Gasteiger charge is -2.09. The van der Waals surface area contributed by atoms with Crippen LogP contribution in [0.15, 0.2) is 42.5 Å². The molecule has 2 amide bonds. The quantitative estimate of drug-likeness (QED) is 0.0584. The first-order chi connectivity index (χ1) is 19.0. The molecule has 0 saturated carbocycles. The molecule has 7 nitrogen and oxygen atoms in total. The zero-order chi connectivity index (χ0) is 28.1. The molecule has 0 aliphatic heterocycles. The van der Waals surface area contributed by atoms with E-state index in [4.69, 9.17) is 4.74 Å². The minimum atomic E-state index is -0.885. The fourth-order valence-corrected chi connectivity index (χ4v) is 4.45. The van der Waals surface area contributed by atoms with E-state index in [-0.39, 0.29) is 17.2 Å². The maximum Gasteiger partial charge on any atom is 0.314 e. The summed E-state index contributed by atoms with van der Waals surface area (Å²) in [5.74, 6) is -1.70. The molecule has 0 spiro atoms. The summed E-state index contributed by atoms with van der Waals surface area (Å²) < 4.78 is 5.80. The van der Waals surface area contributed by atoms with Crippen molar-refractivity contribution in [3.8, 4) is 17.2 Å². The van der Waals surface area contributed by atoms with Gasteiger partial charge in [0.1, 0.15) is 5.75 Å². The molecule has 0 atom stereocenters. The summed E-state index contributed by atoms with van der Waals surface area (Å²) in [6, 6.07) is 10.6. The Labute approximate surface area is 234 Å². The van der Waals surface area contributed by atoms with E-state index in [9.17, 15) is 19.8 Å². The van der Waals surface area contributed by atoms with Crippen molar-refractivity contribution in [2.75, 3.05) is 17.2 Å². The van der Waals surface area contributed by atoms with Crippen LogP contribution in [0.5, 0.6) is 17.2 Å². The second-order valence-electron chi connectivity index (χ2n) is 10.3. The highest BCUT2D eigenvalue weighted by Gasteiger charge is 2.15. The lowest BCUT2D eigenvalue weighted by Crippen LogP contribution is -2.29. The van der Waals surface area contributed by atoms with Crippen molar-refractivity contribution < 1.29 is 24.5 Å². The van der Waals surface area contributed by atoms with Crippen LogP contribution in [0.25, 0.3) is 0 Å². The van der Waals surface area contributed by atoms with Gasteiger partial charge in [-0.15, -0.1) is 0 Å². The number of unbranched alkanes of at least 4 members (excludes halogenated alkanes) is 15. The zero-order valence-electron chi connectivity index (χ0n) is 23.7. The molecule has 39 heavy (non-hydrogen) atoms. The first kappa shape index (κ1) is 32.0. The average molecular weight is 541 g/mol. The van der Waals surface area contributed by atoms with Crippen LogP contribution in [0.3, 0.4) is 0 Å². The van der Waals surface area contributed by atoms with Crippen molar-refractivity contribution in [3.05, 3.63) is 42.5 Å². The number of anilines is 2. The van der Waals surface area contributed by atoms with E-state index < -0.39 is 11.8 Å². The highest BCUT2D eigenvalue weighted by molar-refractivity contribution is 6.43. The number of hydrogen-bond acceptors (Lipinski definition) is 5. The maximum absolute atomic E-state index is 12.1. The van der Waals surface area contributed by atoms with Crippen molar-refractivity contribution in [3.63, 3.8) is 0 Å². The Hall–Kier alpha value is -3.22. The summed E-state index contributed by atoms with van der Waals surface area (Å²) in [4.78, 5) is 24.2. The van der Waals surface area contributed by atoms with Gasteiger partial charge in [-0.2, -0.15) is 0 Å². The lowest BCUT2D eigenvalue weighted by atomic mass is 10.0. The van der Waals surface area contributed by atoms with Crippen molar-refractivity contribution >= 4 is 23.2 Å². The summed E-state index contributed by atoms with van der Waals surface area (Å²) >= 11 is 0. The number of nitrogens with one attached hydrogen (secondary N) is 2. The molecular weight excluding hydrogens is 492 g/mol. The van der Waals surface area contributed by atoms with Gasteiger partial charge in [0.2, 0.25) is 0 Å². The number of aromatic hydroxyl groups is 2. The number of ether oxygens (including phenoxy) is 1. The largest absolute Gasteiger partial charge is 0.504 e. The Morgan fingerprint density at radius 1 is 0.590 bits per heavy atom. The topological polar surface area (TPSA) is 108 Å². The van der Waals surface area contributed by atoms with Gasteiger partial charge in [0, 0.05) is 17.4 Å². The van der Waals surface area contributed by atoms with Gasteiger partial charge in [-0.25, -0.2) is 0 Å². The number of carbonyl (C=O) groups is 2. The number of carbonyl (C=O) groups excluding carboxylic acids is 2. The third kappa shape index (κ3) is 14.5. The molecule has 0 aromatic heterocycles. The standard InChI is InChI=1S/C32H48N2O5/c1-2-3-4-5-6-7-8-9-10-11-12-13-14-15-16-17-24-39-28-21-18-26(19-22-28)33-31(37)32(38)34-27-20-23-29(35)30(36)25-27/h18-23,25,35-36H,2-17,24H2,1H3,(H,33,37)(H,34,38). The minimum absolute atomic E-state index is 0.197. The molecule has 216 valence electrons. The highest BCUT2D eigenvalue weighted by Crippen LogP contribution is 2.27. The fraction of sp³-hybridized carbons (Fsp3) is 0.562. The number of amides is 2. The summed E-state index contributed by atoms with van der Waals surface area (Å²) in [6.07, 6.45) is 21.4. The van der Waals surface area contributed by atoms with Crippen LogP contribution in [0.2, 0.25) is 0 Å². The van der Waals surface area contributed by atoms with E-state index in [0.717, 1.165) is 18.2 Å². The first-order valence-electron chi connectivity index (χ1n) is 14.9. The molecule has 2 aromatic rings. The molecule has 7 heteroatoms. The van der Waals surface area contributed by atoms with Crippen molar-refractivity contribution in [2.24, 2.45) is 0 Å². The van der Waals surface area contributed by atoms with Crippen LogP contribution < -0.4 is 15.4 Å². The monoisotopic (exact) mass is 540 g/mol. The molecular formula is C32H48N2O5. The summed E-state index contributed by atoms with van der Waals surface area (Å²) in [5.41, 5.74) is 0.668. The molecule has 0 aliphatic carbocycles. The molecule has 2 rings (SSSR count). The van der Waals surface area contributed by atoms with E-state index >= 15 is 0 Å². The van der Waals surface area contributed by atoms with Crippen molar-refractivity contribution in [1.29, 1.82) is 0 Å². The number of benzene rings is 2. The third-order valence-electron chi connectivity index (χ3n) is 6.82. The maximum atomic E-state index is 12.1. The first-order valence-corrected chi connectivity index (χ1v) is 14.9. The lowest BCUT2D eigenvalue weighted by molar-refractivity contribution is -0.132. The molecule has 0 saturated heterocycles. The summed E-state index contributed by atoms with van der Waals surface area (Å²) in [6.45, 7) is 2.93. The minimum Gasteiger partial charge on any atom is -0.504 e. The second-order valence-corrected chi connectivity index (χ2v) is 10.3. The average Bonchev–Trinajstić information content (AvgIpc) is 2.93. The smallest absolute Gasteiger partial charge is 0.314 e. The van der Waals surface area contributed by atoms with Gasteiger partial charge in [-0.3, -0.25) is 9.59 Å². The predicted octanol–water partition coefficient (Wildman–Crippen LogP) is 8.32. The SMILES string of the molecule is CCCCCCCCCCCCCCCCCCOc1ccc(NC(=O)C(=O)Nc2ccc(O)c(O)c2)cc1. The Balaban J connectivity index is 1.45. The normalized spacial score (nSPS) is 10.8. The van der Waals surface area contributed by atoms with Gasteiger partial charge in [0.05, 0.1) is 6.61 Å². The highest BCUT2D eigenvalue weighted by atomic mass is 16.5. The molecule has 0 aliphatic rings. The van der Waals surface area contributed by atoms with E-state index in [0.29, 0.717) is 12.3 Å². The van der Waals surface area contributed by atoms with Gasteiger partial charge in [-0.05, 0) is 42.8 Å². The number of rotatable bonds is 20. The summed E-state index contributed by atoms with van der Waals surface area (Å²) in [5, 5.41) is 23.7. The van der Waals surface area contributed by atoms with Gasteiger partial charge in [-0.1, -0.05) is 103 Å². The van der Waals surface area contributed by atoms with Gasteiger partial charge >= 0.3 is 11.8 Å². The number of phenolic OH excluding ortho intramolecular Hbond substituents is 2. The second kappa shape index (κ2) is 19.8. The molecule has 0 heterocycles. The molecule has 0 bridgehead atoms. The Morgan fingerprint density at radius 3 is 1.51 bits per heavy atom. The number of phenols is 2. The van der Waals surface area contributed by atoms with Crippen LogP contribution in [0, 0.1) is 0 Å². The van der Waals surface area contributed by atoms with Gasteiger partial charge in [0.15, 0.2) is 11.5 Å². The van der Waals surface area contributed by atoms with E-state index in [2.05, 4.69) is 17.6 Å². The predicted molar refractivity (Wildman–Crippen MR) is 159 cm³/mol. The third-order valence-corrected chi connectivity index (χ3v) is 6.82. The van der Waals surface area contributed by atoms with Crippen molar-refractivity contribution in [1.82, 2.24) is 0 Å². The van der Waals surface area contributed by atoms with Crippen molar-refractivity contribution in [2.45, 2.75) is 110 Å². The van der Waals surface area contributed by atoms with E-state index in [1.54, 1.807) is 24.3 Å². The molecule has 4 N–H and O–H groups in total. The van der Waals surface area contributed by atoms with Gasteiger partial charge in [0.25, 0.3) is 0 Å². The molecule has 0 radical (unpaired) electrons. The Bertz CT molecular complexity index is 962. The van der Waals surface area contributed by atoms with E-state index in [1.807, 2.05) is 0 Å². The molecule has 0 unspecified atom stereocenters. The van der Waals surface area contributed by atoms with Crippen LogP contribution >= 0.6 is 0 Å². The van der Waals surface area contributed by atoms with E-state index in [1.165, 1.54) is 108 Å². The fourth-order valence-electron chi connectivity index (χ4n) is 4.45. The molecule has 0 fully saturated rings. The van der Waals surface area contributed by atoms with Crippen LogP contribution in [-0.2, 0) is 9.59 Å². The van der Waals surface area contributed by atoms with Crippen LogP contribution in [-0.4, -0.2) is 28.6 Å². The van der Waals surface area contributed by atoms with Crippen LogP contribution in [0.1, 0.15) is 110 Å². The van der Waals surface area contributed by atoms with Gasteiger partial charge < -0.3 is 25.6 Å². The summed E-state index contributed by atoms with van der Waals surface area (Å²) in [7, 11) is 0. The number of hydrogen-bond donors (Lipinski definition) is 4. The zero-order valence-corrected chi connectivity index (χ0v) is 23.7.